The summed E-state index contributed by atoms with van der Waals surface area (Å²) >= 11 is 0. The van der Waals surface area contributed by atoms with E-state index in [-0.39, 0.29) is 17.4 Å². The Labute approximate surface area is 150 Å². The zero-order valence-electron chi connectivity index (χ0n) is 14.5. The van der Waals surface area contributed by atoms with Gasteiger partial charge in [0.2, 0.25) is 0 Å². The van der Waals surface area contributed by atoms with E-state index in [0.29, 0.717) is 31.5 Å². The van der Waals surface area contributed by atoms with E-state index in [1.54, 1.807) is 10.7 Å². The number of halogens is 1. The molecule has 1 atom stereocenters. The molecule has 1 N–H and O–H groups in total. The van der Waals surface area contributed by atoms with Crippen molar-refractivity contribution in [2.24, 2.45) is 0 Å². The lowest BCUT2D eigenvalue weighted by Crippen LogP contribution is -2.40. The molecule has 1 aliphatic carbocycles. The molecule has 1 aromatic carbocycles. The van der Waals surface area contributed by atoms with Gasteiger partial charge < -0.3 is 10.0 Å². The van der Waals surface area contributed by atoms with Crippen LogP contribution >= 0.6 is 0 Å². The summed E-state index contributed by atoms with van der Waals surface area (Å²) < 4.78 is 16.0. The second kappa shape index (κ2) is 6.23. The Kier molecular flexibility index (Phi) is 4.01. The highest BCUT2D eigenvalue weighted by molar-refractivity contribution is 5.97. The number of amides is 1. The molecule has 2 aliphatic rings. The van der Waals surface area contributed by atoms with Crippen LogP contribution in [0.2, 0.25) is 0 Å². The van der Waals surface area contributed by atoms with E-state index in [9.17, 15) is 19.1 Å². The Morgan fingerprint density at radius 3 is 2.81 bits per heavy atom. The van der Waals surface area contributed by atoms with Crippen molar-refractivity contribution >= 4 is 11.9 Å². The summed E-state index contributed by atoms with van der Waals surface area (Å²) in [7, 11) is 0. The van der Waals surface area contributed by atoms with Crippen molar-refractivity contribution < 1.29 is 19.1 Å². The Hall–Kier alpha value is -2.70. The number of rotatable bonds is 3. The van der Waals surface area contributed by atoms with E-state index in [1.165, 1.54) is 11.0 Å². The molecule has 1 unspecified atom stereocenters. The molecule has 1 aromatic heterocycles. The SMILES string of the molecule is Cc1cccc(F)c1-n1nc(C(=O)N2CCCC2C(=O)O)c2c1CCC2. The minimum atomic E-state index is -0.989. The van der Waals surface area contributed by atoms with Crippen LogP contribution in [-0.4, -0.2) is 44.3 Å². The minimum absolute atomic E-state index is 0.272. The number of fused-ring (bicyclic) bond motifs is 1. The van der Waals surface area contributed by atoms with Crippen LogP contribution < -0.4 is 0 Å². The number of aliphatic carboxylic acids is 1. The molecular weight excluding hydrogens is 337 g/mol. The van der Waals surface area contributed by atoms with Gasteiger partial charge in [-0.1, -0.05) is 12.1 Å². The van der Waals surface area contributed by atoms with Gasteiger partial charge >= 0.3 is 5.97 Å². The molecule has 2 aromatic rings. The third kappa shape index (κ3) is 2.50. The van der Waals surface area contributed by atoms with Gasteiger partial charge in [0.1, 0.15) is 17.5 Å². The van der Waals surface area contributed by atoms with E-state index in [2.05, 4.69) is 5.10 Å². The van der Waals surface area contributed by atoms with E-state index in [1.807, 2.05) is 13.0 Å². The number of carbonyl (C=O) groups excluding carboxylic acids is 1. The molecule has 1 saturated heterocycles. The third-order valence-electron chi connectivity index (χ3n) is 5.33. The highest BCUT2D eigenvalue weighted by Crippen LogP contribution is 2.31. The van der Waals surface area contributed by atoms with E-state index >= 15 is 0 Å². The van der Waals surface area contributed by atoms with Crippen LogP contribution in [0.3, 0.4) is 0 Å². The molecule has 0 radical (unpaired) electrons. The van der Waals surface area contributed by atoms with Gasteiger partial charge in [-0.2, -0.15) is 5.10 Å². The van der Waals surface area contributed by atoms with Crippen LogP contribution in [0.1, 0.15) is 46.6 Å². The third-order valence-corrected chi connectivity index (χ3v) is 5.33. The maximum Gasteiger partial charge on any atom is 0.326 e. The summed E-state index contributed by atoms with van der Waals surface area (Å²) in [5, 5.41) is 13.8. The number of hydrogen-bond donors (Lipinski definition) is 1. The smallest absolute Gasteiger partial charge is 0.326 e. The van der Waals surface area contributed by atoms with E-state index in [0.717, 1.165) is 29.7 Å². The molecule has 0 saturated carbocycles. The van der Waals surface area contributed by atoms with Crippen LogP contribution in [0.15, 0.2) is 18.2 Å². The predicted molar refractivity (Wildman–Crippen MR) is 92.0 cm³/mol. The number of likely N-dealkylation sites (tertiary alicyclic amines) is 1. The summed E-state index contributed by atoms with van der Waals surface area (Å²) in [6.45, 7) is 2.22. The molecule has 1 fully saturated rings. The van der Waals surface area contributed by atoms with Crippen LogP contribution in [0.5, 0.6) is 0 Å². The highest BCUT2D eigenvalue weighted by Gasteiger charge is 2.38. The Morgan fingerprint density at radius 1 is 1.27 bits per heavy atom. The molecule has 4 rings (SSSR count). The average molecular weight is 357 g/mol. The lowest BCUT2D eigenvalue weighted by Gasteiger charge is -2.20. The molecule has 6 nitrogen and oxygen atoms in total. The number of nitrogens with zero attached hydrogens (tertiary/aromatic N) is 3. The van der Waals surface area contributed by atoms with Crippen LogP contribution in [-0.2, 0) is 17.6 Å². The lowest BCUT2D eigenvalue weighted by molar-refractivity contribution is -0.141. The summed E-state index contributed by atoms with van der Waals surface area (Å²) in [6, 6.07) is 4.03. The number of carboxylic acids is 1. The van der Waals surface area contributed by atoms with Crippen molar-refractivity contribution in [3.05, 3.63) is 46.5 Å². The fraction of sp³-hybridized carbons (Fsp3) is 0.421. The van der Waals surface area contributed by atoms with Gasteiger partial charge in [-0.15, -0.1) is 0 Å². The summed E-state index contributed by atoms with van der Waals surface area (Å²) in [5.41, 5.74) is 3.06. The fourth-order valence-corrected chi connectivity index (χ4v) is 4.09. The minimum Gasteiger partial charge on any atom is -0.480 e. The zero-order chi connectivity index (χ0) is 18.4. The topological polar surface area (TPSA) is 75.4 Å². The van der Waals surface area contributed by atoms with Crippen molar-refractivity contribution in [1.82, 2.24) is 14.7 Å². The van der Waals surface area contributed by atoms with Gasteiger partial charge in [0.25, 0.3) is 5.91 Å². The number of carboxylic acid groups (broad SMARTS) is 1. The van der Waals surface area contributed by atoms with Crippen molar-refractivity contribution in [2.75, 3.05) is 6.54 Å². The Balaban J connectivity index is 1.80. The number of para-hydroxylation sites is 1. The molecule has 1 amide bonds. The second-order valence-electron chi connectivity index (χ2n) is 6.94. The molecule has 0 spiro atoms. The standard InChI is InChI=1S/C19H20FN3O3/c1-11-5-2-7-13(20)17(11)23-14-8-3-6-12(14)16(21-23)18(24)22-10-4-9-15(22)19(25)26/h2,5,7,15H,3-4,6,8-10H2,1H3,(H,25,26). The molecule has 26 heavy (non-hydrogen) atoms. The van der Waals surface area contributed by atoms with Crippen LogP contribution in [0, 0.1) is 12.7 Å². The normalized spacial score (nSPS) is 19.0. The van der Waals surface area contributed by atoms with Gasteiger partial charge in [0.05, 0.1) is 0 Å². The van der Waals surface area contributed by atoms with E-state index < -0.39 is 12.0 Å². The monoisotopic (exact) mass is 357 g/mol. The van der Waals surface area contributed by atoms with Crippen LogP contribution in [0.4, 0.5) is 4.39 Å². The van der Waals surface area contributed by atoms with Gasteiger partial charge in [-0.3, -0.25) is 4.79 Å². The average Bonchev–Trinajstić information content (AvgIpc) is 3.31. The van der Waals surface area contributed by atoms with Crippen LogP contribution in [0.25, 0.3) is 5.69 Å². The molecular formula is C19H20FN3O3. The Bertz CT molecular complexity index is 885. The largest absolute Gasteiger partial charge is 0.480 e. The molecule has 136 valence electrons. The fourth-order valence-electron chi connectivity index (χ4n) is 4.09. The van der Waals surface area contributed by atoms with Gasteiger partial charge in [0, 0.05) is 17.8 Å². The lowest BCUT2D eigenvalue weighted by atomic mass is 10.1. The highest BCUT2D eigenvalue weighted by atomic mass is 19.1. The molecule has 7 heteroatoms. The number of carbonyl (C=O) groups is 2. The first-order chi connectivity index (χ1) is 12.5. The summed E-state index contributed by atoms with van der Waals surface area (Å²) in [6.07, 6.45) is 3.43. The first-order valence-corrected chi connectivity index (χ1v) is 8.89. The molecule has 2 heterocycles. The maximum atomic E-state index is 14.4. The summed E-state index contributed by atoms with van der Waals surface area (Å²) in [5.74, 6) is -1.73. The predicted octanol–water partition coefficient (Wildman–Crippen LogP) is 2.50. The van der Waals surface area contributed by atoms with Crippen molar-refractivity contribution in [3.63, 3.8) is 0 Å². The summed E-state index contributed by atoms with van der Waals surface area (Å²) in [4.78, 5) is 25.8. The number of aromatic nitrogens is 2. The number of aryl methyl sites for hydroxylation is 1. The quantitative estimate of drug-likeness (QED) is 0.916. The molecule has 0 bridgehead atoms. The maximum absolute atomic E-state index is 14.4. The number of benzene rings is 1. The van der Waals surface area contributed by atoms with Gasteiger partial charge in [-0.05, 0) is 50.7 Å². The van der Waals surface area contributed by atoms with Gasteiger partial charge in [-0.25, -0.2) is 13.9 Å². The Morgan fingerprint density at radius 2 is 2.08 bits per heavy atom. The molecule has 1 aliphatic heterocycles. The zero-order valence-corrected chi connectivity index (χ0v) is 14.5. The number of hydrogen-bond acceptors (Lipinski definition) is 3. The first kappa shape index (κ1) is 16.8. The van der Waals surface area contributed by atoms with Gasteiger partial charge in [0.15, 0.2) is 5.69 Å². The van der Waals surface area contributed by atoms with E-state index in [4.69, 9.17) is 0 Å². The second-order valence-corrected chi connectivity index (χ2v) is 6.94. The van der Waals surface area contributed by atoms with Crippen molar-refractivity contribution in [3.8, 4) is 5.69 Å². The van der Waals surface area contributed by atoms with Crippen molar-refractivity contribution in [2.45, 2.75) is 45.1 Å². The van der Waals surface area contributed by atoms with Crippen molar-refractivity contribution in [1.29, 1.82) is 0 Å². The first-order valence-electron chi connectivity index (χ1n) is 8.89.